The highest BCUT2D eigenvalue weighted by atomic mass is 32.2. The number of aromatic nitrogens is 1. The number of nitrogens with one attached hydrogen (secondary N) is 2. The molecule has 1 aliphatic heterocycles. The SMILES string of the molecule is C[C@H]1Sc2ccc(C(=O)Nc3cccc4cccnc34)cc2NC1=O. The van der Waals surface area contributed by atoms with Gasteiger partial charge in [-0.3, -0.25) is 14.6 Å². The number of rotatable bonds is 2. The van der Waals surface area contributed by atoms with Crippen LogP contribution in [0.5, 0.6) is 0 Å². The van der Waals surface area contributed by atoms with Gasteiger partial charge in [-0.15, -0.1) is 11.8 Å². The molecule has 1 aromatic heterocycles. The van der Waals surface area contributed by atoms with Gasteiger partial charge in [0.15, 0.2) is 0 Å². The van der Waals surface area contributed by atoms with Gasteiger partial charge in [-0.25, -0.2) is 0 Å². The van der Waals surface area contributed by atoms with Crippen molar-refractivity contribution in [2.24, 2.45) is 0 Å². The molecule has 0 bridgehead atoms. The van der Waals surface area contributed by atoms with Crippen LogP contribution in [0.3, 0.4) is 0 Å². The van der Waals surface area contributed by atoms with Crippen LogP contribution in [0, 0.1) is 0 Å². The van der Waals surface area contributed by atoms with E-state index in [1.165, 1.54) is 11.8 Å². The van der Waals surface area contributed by atoms with Crippen LogP contribution in [0.25, 0.3) is 10.9 Å². The summed E-state index contributed by atoms with van der Waals surface area (Å²) in [5, 5.41) is 6.58. The summed E-state index contributed by atoms with van der Waals surface area (Å²) in [5.41, 5.74) is 2.57. The molecule has 2 N–H and O–H groups in total. The van der Waals surface area contributed by atoms with Crippen molar-refractivity contribution in [1.29, 1.82) is 0 Å². The molecule has 5 nitrogen and oxygen atoms in total. The first-order valence-electron chi connectivity index (χ1n) is 7.88. The number of carbonyl (C=O) groups excluding carboxylic acids is 2. The molecule has 0 aliphatic carbocycles. The number of pyridine rings is 1. The molecule has 2 aromatic carbocycles. The molecule has 0 spiro atoms. The van der Waals surface area contributed by atoms with E-state index in [9.17, 15) is 9.59 Å². The molecule has 1 aliphatic rings. The van der Waals surface area contributed by atoms with Crippen LogP contribution in [0.1, 0.15) is 17.3 Å². The van der Waals surface area contributed by atoms with Gasteiger partial charge in [-0.05, 0) is 37.3 Å². The van der Waals surface area contributed by atoms with E-state index in [0.29, 0.717) is 16.9 Å². The van der Waals surface area contributed by atoms with Crippen molar-refractivity contribution in [3.05, 3.63) is 60.3 Å². The van der Waals surface area contributed by atoms with Crippen LogP contribution in [-0.2, 0) is 4.79 Å². The molecule has 2 heterocycles. The van der Waals surface area contributed by atoms with E-state index < -0.39 is 0 Å². The van der Waals surface area contributed by atoms with Crippen LogP contribution in [0.15, 0.2) is 59.6 Å². The number of hydrogen-bond donors (Lipinski definition) is 2. The Hall–Kier alpha value is -2.86. The lowest BCUT2D eigenvalue weighted by Gasteiger charge is -2.21. The smallest absolute Gasteiger partial charge is 0.255 e. The number of thioether (sulfide) groups is 1. The van der Waals surface area contributed by atoms with Gasteiger partial charge in [0, 0.05) is 22.0 Å². The van der Waals surface area contributed by atoms with Crippen molar-refractivity contribution >= 4 is 45.9 Å². The summed E-state index contributed by atoms with van der Waals surface area (Å²) in [4.78, 5) is 29.8. The summed E-state index contributed by atoms with van der Waals surface area (Å²) >= 11 is 1.49. The molecule has 0 unspecified atom stereocenters. The minimum Gasteiger partial charge on any atom is -0.324 e. The summed E-state index contributed by atoms with van der Waals surface area (Å²) in [7, 11) is 0. The lowest BCUT2D eigenvalue weighted by Crippen LogP contribution is -2.26. The molecular weight excluding hydrogens is 334 g/mol. The topological polar surface area (TPSA) is 71.1 Å². The number of nitrogens with zero attached hydrogens (tertiary/aromatic N) is 1. The average Bonchev–Trinajstić information content (AvgIpc) is 2.62. The van der Waals surface area contributed by atoms with Gasteiger partial charge in [0.2, 0.25) is 5.91 Å². The fraction of sp³-hybridized carbons (Fsp3) is 0.105. The number of benzene rings is 2. The van der Waals surface area contributed by atoms with E-state index in [4.69, 9.17) is 0 Å². The molecule has 6 heteroatoms. The Morgan fingerprint density at radius 2 is 2.04 bits per heavy atom. The van der Waals surface area contributed by atoms with Crippen LogP contribution in [0.4, 0.5) is 11.4 Å². The molecule has 3 aromatic rings. The Morgan fingerprint density at radius 3 is 2.92 bits per heavy atom. The van der Waals surface area contributed by atoms with E-state index in [-0.39, 0.29) is 17.1 Å². The lowest BCUT2D eigenvalue weighted by molar-refractivity contribution is -0.115. The monoisotopic (exact) mass is 349 g/mol. The van der Waals surface area contributed by atoms with E-state index in [0.717, 1.165) is 15.8 Å². The Kier molecular flexibility index (Phi) is 3.89. The Balaban J connectivity index is 1.63. The molecular formula is C19H15N3O2S. The third kappa shape index (κ3) is 2.96. The molecule has 25 heavy (non-hydrogen) atoms. The zero-order valence-corrected chi connectivity index (χ0v) is 14.3. The highest BCUT2D eigenvalue weighted by Crippen LogP contribution is 2.36. The zero-order chi connectivity index (χ0) is 17.4. The third-order valence-electron chi connectivity index (χ3n) is 4.05. The summed E-state index contributed by atoms with van der Waals surface area (Å²) in [5.74, 6) is -0.285. The Labute approximate surface area is 148 Å². The largest absolute Gasteiger partial charge is 0.324 e. The maximum Gasteiger partial charge on any atom is 0.255 e. The molecule has 4 rings (SSSR count). The number of hydrogen-bond acceptors (Lipinski definition) is 4. The van der Waals surface area contributed by atoms with Crippen molar-refractivity contribution in [2.75, 3.05) is 10.6 Å². The highest BCUT2D eigenvalue weighted by molar-refractivity contribution is 8.00. The van der Waals surface area contributed by atoms with Gasteiger partial charge in [0.25, 0.3) is 5.91 Å². The number of fused-ring (bicyclic) bond motifs is 2. The summed E-state index contributed by atoms with van der Waals surface area (Å²) in [6.45, 7) is 1.86. The first-order chi connectivity index (χ1) is 12.1. The van der Waals surface area contributed by atoms with Crippen LogP contribution < -0.4 is 10.6 Å². The maximum absolute atomic E-state index is 12.6. The molecule has 0 saturated carbocycles. The second kappa shape index (κ2) is 6.22. The average molecular weight is 349 g/mol. The van der Waals surface area contributed by atoms with E-state index in [1.54, 1.807) is 18.3 Å². The van der Waals surface area contributed by atoms with Crippen molar-refractivity contribution in [1.82, 2.24) is 4.98 Å². The summed E-state index contributed by atoms with van der Waals surface area (Å²) < 4.78 is 0. The number of carbonyl (C=O) groups is 2. The van der Waals surface area contributed by atoms with Gasteiger partial charge in [-0.1, -0.05) is 18.2 Å². The minimum atomic E-state index is -0.237. The first kappa shape index (κ1) is 15.7. The standard InChI is InChI=1S/C19H15N3O2S/c1-11-18(23)22-15-10-13(7-8-16(15)25-11)19(24)21-14-6-2-4-12-5-3-9-20-17(12)14/h2-11H,1H3,(H,21,24)(H,22,23)/t11-/m1/s1. The molecule has 2 amide bonds. The summed E-state index contributed by atoms with van der Waals surface area (Å²) in [6.07, 6.45) is 1.70. The van der Waals surface area contributed by atoms with Crippen molar-refractivity contribution in [2.45, 2.75) is 17.1 Å². The fourth-order valence-electron chi connectivity index (χ4n) is 2.75. The van der Waals surface area contributed by atoms with Crippen molar-refractivity contribution < 1.29 is 9.59 Å². The number of anilines is 2. The molecule has 0 fully saturated rings. The van der Waals surface area contributed by atoms with Gasteiger partial charge < -0.3 is 10.6 Å². The van der Waals surface area contributed by atoms with Gasteiger partial charge >= 0.3 is 0 Å². The molecule has 124 valence electrons. The summed E-state index contributed by atoms with van der Waals surface area (Å²) in [6, 6.07) is 14.8. The molecule has 0 saturated heterocycles. The lowest BCUT2D eigenvalue weighted by atomic mass is 10.1. The Morgan fingerprint density at radius 1 is 1.20 bits per heavy atom. The zero-order valence-electron chi connectivity index (χ0n) is 13.4. The minimum absolute atomic E-state index is 0.0479. The van der Waals surface area contributed by atoms with E-state index in [1.807, 2.05) is 43.3 Å². The van der Waals surface area contributed by atoms with Crippen LogP contribution in [0.2, 0.25) is 0 Å². The second-order valence-corrected chi connectivity index (χ2v) is 7.18. The van der Waals surface area contributed by atoms with Gasteiger partial charge in [0.1, 0.15) is 0 Å². The number of amides is 2. The number of para-hydroxylation sites is 1. The third-order valence-corrected chi connectivity index (χ3v) is 5.23. The predicted octanol–water partition coefficient (Wildman–Crippen LogP) is 3.92. The fourth-order valence-corrected chi connectivity index (χ4v) is 3.68. The quantitative estimate of drug-likeness (QED) is 0.736. The van der Waals surface area contributed by atoms with Crippen molar-refractivity contribution in [3.63, 3.8) is 0 Å². The first-order valence-corrected chi connectivity index (χ1v) is 8.76. The van der Waals surface area contributed by atoms with Crippen LogP contribution >= 0.6 is 11.8 Å². The van der Waals surface area contributed by atoms with E-state index in [2.05, 4.69) is 15.6 Å². The van der Waals surface area contributed by atoms with Crippen LogP contribution in [-0.4, -0.2) is 22.0 Å². The normalized spacial score (nSPS) is 16.2. The maximum atomic E-state index is 12.6. The second-order valence-electron chi connectivity index (χ2n) is 5.80. The highest BCUT2D eigenvalue weighted by Gasteiger charge is 2.23. The van der Waals surface area contributed by atoms with E-state index >= 15 is 0 Å². The van der Waals surface area contributed by atoms with Gasteiger partial charge in [0.05, 0.1) is 22.1 Å². The molecule has 1 atom stereocenters. The Bertz CT molecular complexity index is 998. The predicted molar refractivity (Wildman–Crippen MR) is 100 cm³/mol. The van der Waals surface area contributed by atoms with Crippen molar-refractivity contribution in [3.8, 4) is 0 Å². The molecule has 0 radical (unpaired) electrons. The van der Waals surface area contributed by atoms with Gasteiger partial charge in [-0.2, -0.15) is 0 Å².